The van der Waals surface area contributed by atoms with Gasteiger partial charge in [0.05, 0.1) is 24.0 Å². The van der Waals surface area contributed by atoms with Gasteiger partial charge in [-0.25, -0.2) is 13.5 Å². The fraction of sp³-hybridized carbons (Fsp3) is 0.394. The third kappa shape index (κ3) is 4.50. The van der Waals surface area contributed by atoms with Crippen molar-refractivity contribution in [2.75, 3.05) is 26.3 Å². The second-order valence-electron chi connectivity index (χ2n) is 11.9. The third-order valence-electron chi connectivity index (χ3n) is 9.38. The maximum atomic E-state index is 16.5. The molecule has 0 aliphatic carbocycles. The summed E-state index contributed by atoms with van der Waals surface area (Å²) in [5.74, 6) is -0.257. The highest BCUT2D eigenvalue weighted by atomic mass is 19.1. The number of ether oxygens (including phenoxy) is 2. The van der Waals surface area contributed by atoms with E-state index in [0.717, 1.165) is 63.2 Å². The monoisotopic (exact) mass is 582 g/mol. The Morgan fingerprint density at radius 3 is 2.63 bits per heavy atom. The molecule has 0 amide bonds. The highest BCUT2D eigenvalue weighted by Crippen LogP contribution is 2.39. The zero-order valence-electron chi connectivity index (χ0n) is 23.9. The molecule has 6 heterocycles. The van der Waals surface area contributed by atoms with Gasteiger partial charge in [-0.2, -0.15) is 15.1 Å². The summed E-state index contributed by atoms with van der Waals surface area (Å²) in [7, 11) is 0. The summed E-state index contributed by atoms with van der Waals surface area (Å²) in [6.45, 7) is 4.12. The van der Waals surface area contributed by atoms with Crippen LogP contribution in [0.1, 0.15) is 43.4 Å². The first kappa shape index (κ1) is 26.4. The van der Waals surface area contributed by atoms with Crippen molar-refractivity contribution in [2.24, 2.45) is 0 Å². The van der Waals surface area contributed by atoms with Crippen molar-refractivity contribution in [1.82, 2.24) is 29.6 Å². The van der Waals surface area contributed by atoms with Crippen molar-refractivity contribution in [2.45, 2.75) is 57.0 Å². The third-order valence-corrected chi connectivity index (χ3v) is 9.38. The Hall–Kier alpha value is -4.18. The lowest BCUT2D eigenvalue weighted by molar-refractivity contribution is 0.107. The molecular formula is C33H32F2N6O2. The summed E-state index contributed by atoms with van der Waals surface area (Å²) in [4.78, 5) is 16.4. The molecule has 2 fully saturated rings. The zero-order chi connectivity index (χ0) is 29.0. The first-order chi connectivity index (χ1) is 21.1. The van der Waals surface area contributed by atoms with Gasteiger partial charge in [-0.3, -0.25) is 9.88 Å². The highest BCUT2D eigenvalue weighted by Gasteiger charge is 2.45. The molecule has 0 spiro atoms. The highest BCUT2D eigenvalue weighted by molar-refractivity contribution is 5.98. The lowest BCUT2D eigenvalue weighted by atomic mass is 9.95. The second-order valence-corrected chi connectivity index (χ2v) is 11.9. The largest absolute Gasteiger partial charge is 0.478 e. The van der Waals surface area contributed by atoms with Crippen LogP contribution >= 0.6 is 0 Å². The molecule has 10 heteroatoms. The molecule has 220 valence electrons. The fourth-order valence-corrected chi connectivity index (χ4v) is 7.24. The van der Waals surface area contributed by atoms with Gasteiger partial charge < -0.3 is 9.47 Å². The molecule has 5 aromatic rings. The molecule has 8 nitrogen and oxygen atoms in total. The van der Waals surface area contributed by atoms with Gasteiger partial charge in [0.15, 0.2) is 5.82 Å². The predicted octanol–water partition coefficient (Wildman–Crippen LogP) is 5.89. The van der Waals surface area contributed by atoms with Crippen LogP contribution in [0.4, 0.5) is 8.78 Å². The van der Waals surface area contributed by atoms with Crippen molar-refractivity contribution >= 4 is 21.7 Å². The van der Waals surface area contributed by atoms with Gasteiger partial charge in [0.2, 0.25) is 5.88 Å². The number of nitrogens with zero attached hydrogens (tertiary/aromatic N) is 6. The van der Waals surface area contributed by atoms with E-state index in [1.165, 1.54) is 6.07 Å². The van der Waals surface area contributed by atoms with Gasteiger partial charge in [-0.05, 0) is 63.1 Å². The van der Waals surface area contributed by atoms with E-state index in [2.05, 4.69) is 20.0 Å². The van der Waals surface area contributed by atoms with Crippen LogP contribution in [0.2, 0.25) is 0 Å². The van der Waals surface area contributed by atoms with E-state index in [-0.39, 0.29) is 22.8 Å². The second kappa shape index (κ2) is 10.5. The van der Waals surface area contributed by atoms with Crippen LogP contribution in [0.5, 0.6) is 11.9 Å². The average molecular weight is 583 g/mol. The minimum absolute atomic E-state index is 0.00447. The molecule has 2 aromatic carbocycles. The predicted molar refractivity (Wildman–Crippen MR) is 158 cm³/mol. The number of aryl methyl sites for hydroxylation is 3. The van der Waals surface area contributed by atoms with Gasteiger partial charge in [0.1, 0.15) is 23.6 Å². The van der Waals surface area contributed by atoms with Crippen molar-refractivity contribution < 1.29 is 18.3 Å². The number of pyridine rings is 1. The topological polar surface area (TPSA) is 78.2 Å². The number of hydrogen-bond donors (Lipinski definition) is 0. The normalized spacial score (nSPS) is 17.7. The number of benzene rings is 2. The molecule has 0 N–H and O–H groups in total. The van der Waals surface area contributed by atoms with E-state index in [1.54, 1.807) is 36.5 Å². The summed E-state index contributed by atoms with van der Waals surface area (Å²) < 4.78 is 45.6. The molecule has 3 aromatic heterocycles. The minimum atomic E-state index is -0.616. The molecule has 0 radical (unpaired) electrons. The number of fused-ring (bicyclic) bond motifs is 4. The van der Waals surface area contributed by atoms with E-state index in [0.29, 0.717) is 53.5 Å². The van der Waals surface area contributed by atoms with Gasteiger partial charge in [-0.15, -0.1) is 0 Å². The Labute approximate surface area is 247 Å². The van der Waals surface area contributed by atoms with Gasteiger partial charge in [-0.1, -0.05) is 30.3 Å². The van der Waals surface area contributed by atoms with Crippen LogP contribution in [0.3, 0.4) is 0 Å². The number of aromatic nitrogens is 5. The average Bonchev–Trinajstić information content (AvgIpc) is 3.74. The van der Waals surface area contributed by atoms with Crippen molar-refractivity contribution in [3.05, 3.63) is 71.7 Å². The number of hydrogen-bond acceptors (Lipinski definition) is 7. The molecule has 0 bridgehead atoms. The number of rotatable bonds is 7. The Morgan fingerprint density at radius 2 is 1.77 bits per heavy atom. The SMILES string of the molecule is Fc1c(-c2cccc3cccc(F)c23)ncc2c(CCc3cnn4c3OCCC4)nc(OCC34CCCN3CCC4)nc12. The maximum absolute atomic E-state index is 16.5. The van der Waals surface area contributed by atoms with E-state index in [1.807, 2.05) is 10.9 Å². The van der Waals surface area contributed by atoms with Crippen molar-refractivity contribution in [3.63, 3.8) is 0 Å². The molecule has 8 rings (SSSR count). The standard InChI is InChI=1S/C33H32F2N6O2/c34-25-9-2-7-21-6-1-8-23(27(21)25)29-28(35)30-24(19-36-29)26(11-10-22-18-37-41-16-5-17-42-31(22)41)38-32(39-30)43-20-33-12-3-14-40(33)15-4-13-33/h1-2,6-9,18-19H,3-5,10-17,20H2. The molecule has 3 aliphatic rings. The van der Waals surface area contributed by atoms with Gasteiger partial charge in [0.25, 0.3) is 0 Å². The fourth-order valence-electron chi connectivity index (χ4n) is 7.24. The van der Waals surface area contributed by atoms with Crippen LogP contribution in [0, 0.1) is 11.6 Å². The molecule has 2 saturated heterocycles. The molecule has 0 atom stereocenters. The van der Waals surface area contributed by atoms with Crippen LogP contribution in [-0.2, 0) is 19.4 Å². The lowest BCUT2D eigenvalue weighted by Gasteiger charge is -2.31. The molecule has 0 saturated carbocycles. The van der Waals surface area contributed by atoms with Crippen LogP contribution in [0.15, 0.2) is 48.8 Å². The Morgan fingerprint density at radius 1 is 0.930 bits per heavy atom. The Balaban J connectivity index is 1.20. The molecular weight excluding hydrogens is 550 g/mol. The smallest absolute Gasteiger partial charge is 0.317 e. The van der Waals surface area contributed by atoms with Crippen LogP contribution < -0.4 is 9.47 Å². The van der Waals surface area contributed by atoms with E-state index in [9.17, 15) is 4.39 Å². The summed E-state index contributed by atoms with van der Waals surface area (Å²) in [5, 5.41) is 5.99. The van der Waals surface area contributed by atoms with E-state index in [4.69, 9.17) is 14.5 Å². The summed E-state index contributed by atoms with van der Waals surface area (Å²) >= 11 is 0. The molecule has 3 aliphatic heterocycles. The van der Waals surface area contributed by atoms with Gasteiger partial charge in [0, 0.05) is 41.1 Å². The van der Waals surface area contributed by atoms with E-state index < -0.39 is 11.6 Å². The van der Waals surface area contributed by atoms with Gasteiger partial charge >= 0.3 is 6.01 Å². The molecule has 43 heavy (non-hydrogen) atoms. The zero-order valence-corrected chi connectivity index (χ0v) is 23.9. The quantitative estimate of drug-likeness (QED) is 0.237. The number of halogens is 2. The van der Waals surface area contributed by atoms with Crippen molar-refractivity contribution in [3.8, 4) is 23.1 Å². The van der Waals surface area contributed by atoms with Crippen LogP contribution in [0.25, 0.3) is 32.9 Å². The maximum Gasteiger partial charge on any atom is 0.317 e. The lowest BCUT2D eigenvalue weighted by Crippen LogP contribution is -2.43. The summed E-state index contributed by atoms with van der Waals surface area (Å²) in [5.41, 5.74) is 2.18. The Kier molecular flexibility index (Phi) is 6.47. The van der Waals surface area contributed by atoms with Crippen molar-refractivity contribution in [1.29, 1.82) is 0 Å². The Bertz CT molecular complexity index is 1840. The van der Waals surface area contributed by atoms with Crippen LogP contribution in [-0.4, -0.2) is 61.5 Å². The van der Waals surface area contributed by atoms with E-state index >= 15 is 4.39 Å². The first-order valence-corrected chi connectivity index (χ1v) is 15.2. The minimum Gasteiger partial charge on any atom is -0.478 e. The first-order valence-electron chi connectivity index (χ1n) is 15.2. The summed E-state index contributed by atoms with van der Waals surface area (Å²) in [6.07, 6.45) is 9.93. The molecule has 0 unspecified atom stereocenters. The summed E-state index contributed by atoms with van der Waals surface area (Å²) in [6, 6.07) is 10.3.